The van der Waals surface area contributed by atoms with Crippen LogP contribution in [-0.2, 0) is 0 Å². The predicted octanol–water partition coefficient (Wildman–Crippen LogP) is 1.75. The van der Waals surface area contributed by atoms with Crippen LogP contribution in [0.2, 0.25) is 0 Å². The highest BCUT2D eigenvalue weighted by Crippen LogP contribution is 2.29. The van der Waals surface area contributed by atoms with E-state index in [1.54, 1.807) is 24.3 Å². The van der Waals surface area contributed by atoms with Crippen molar-refractivity contribution in [1.82, 2.24) is 5.32 Å². The van der Waals surface area contributed by atoms with Crippen molar-refractivity contribution in [3.8, 4) is 11.1 Å². The van der Waals surface area contributed by atoms with Gasteiger partial charge in [0.05, 0.1) is 11.1 Å². The Bertz CT molecular complexity index is 828. The summed E-state index contributed by atoms with van der Waals surface area (Å²) in [5, 5.41) is 21.3. The van der Waals surface area contributed by atoms with Crippen molar-refractivity contribution < 1.29 is 24.6 Å². The van der Waals surface area contributed by atoms with Gasteiger partial charge in [0.25, 0.3) is 5.91 Å². The number of carboxylic acid groups (broad SMARTS) is 2. The highest BCUT2D eigenvalue weighted by molar-refractivity contribution is 6.02. The van der Waals surface area contributed by atoms with Crippen LogP contribution in [0.1, 0.15) is 36.6 Å². The molecule has 2 aromatic rings. The van der Waals surface area contributed by atoms with Crippen LogP contribution in [0.4, 0.5) is 0 Å². The molecule has 7 nitrogen and oxygen atoms in total. The number of nitrogens with two attached hydrogens (primary N) is 1. The Morgan fingerprint density at radius 3 is 2.16 bits per heavy atom. The van der Waals surface area contributed by atoms with Gasteiger partial charge in [0.15, 0.2) is 0 Å². The summed E-state index contributed by atoms with van der Waals surface area (Å²) in [6.45, 7) is 2.16. The maximum Gasteiger partial charge on any atom is 0.336 e. The van der Waals surface area contributed by atoms with E-state index in [4.69, 9.17) is 10.8 Å². The van der Waals surface area contributed by atoms with Crippen molar-refractivity contribution in [2.75, 3.05) is 13.1 Å². The quantitative estimate of drug-likeness (QED) is 0.633. The fourth-order valence-corrected chi connectivity index (χ4v) is 2.55. The van der Waals surface area contributed by atoms with Crippen LogP contribution < -0.4 is 11.1 Å². The lowest BCUT2D eigenvalue weighted by atomic mass is 9.92. The van der Waals surface area contributed by atoms with E-state index in [0.29, 0.717) is 29.8 Å². The minimum absolute atomic E-state index is 0.0565. The first kappa shape index (κ1) is 18.2. The number of nitrogens with one attached hydrogen (secondary N) is 1. The molecule has 0 spiro atoms. The third-order valence-electron chi connectivity index (χ3n) is 3.80. The van der Waals surface area contributed by atoms with Crippen LogP contribution in [0.3, 0.4) is 0 Å². The van der Waals surface area contributed by atoms with Gasteiger partial charge in [0.2, 0.25) is 0 Å². The number of carbonyl (C=O) groups excluding carboxylic acids is 1. The Morgan fingerprint density at radius 2 is 1.64 bits per heavy atom. The summed E-state index contributed by atoms with van der Waals surface area (Å²) >= 11 is 0. The van der Waals surface area contributed by atoms with E-state index in [1.807, 2.05) is 0 Å². The first-order valence-electron chi connectivity index (χ1n) is 7.55. The van der Waals surface area contributed by atoms with Gasteiger partial charge < -0.3 is 21.3 Å². The van der Waals surface area contributed by atoms with Gasteiger partial charge in [-0.3, -0.25) is 4.79 Å². The third-order valence-corrected chi connectivity index (χ3v) is 3.80. The zero-order valence-electron chi connectivity index (χ0n) is 13.6. The molecule has 5 N–H and O–H groups in total. The maximum absolute atomic E-state index is 11.9. The molecule has 0 heterocycles. The smallest absolute Gasteiger partial charge is 0.336 e. The van der Waals surface area contributed by atoms with E-state index in [2.05, 4.69) is 5.32 Å². The molecular formula is C18H18N2O5. The topological polar surface area (TPSA) is 130 Å². The van der Waals surface area contributed by atoms with E-state index >= 15 is 0 Å². The highest BCUT2D eigenvalue weighted by atomic mass is 16.4. The zero-order valence-corrected chi connectivity index (χ0v) is 13.6. The monoisotopic (exact) mass is 342 g/mol. The Balaban J connectivity index is 2.45. The summed E-state index contributed by atoms with van der Waals surface area (Å²) in [6.07, 6.45) is 0. The molecule has 130 valence electrons. The first-order valence-corrected chi connectivity index (χ1v) is 7.55. The molecule has 0 aliphatic carbocycles. The number of carbonyl (C=O) groups is 3. The number of rotatable bonds is 6. The molecule has 0 aromatic heterocycles. The van der Waals surface area contributed by atoms with E-state index in [-0.39, 0.29) is 22.6 Å². The molecule has 0 aliphatic rings. The standard InChI is InChI=1S/C18H18N2O5/c1-10-13(17(22)23)6-7-14(15(10)18(24)25)11-2-4-12(5-3-11)16(21)20-9-8-19/h2-7H,8-9,19H2,1H3,(H,20,21)(H,22,23)(H,24,25). The van der Waals surface area contributed by atoms with E-state index in [1.165, 1.54) is 19.1 Å². The molecule has 25 heavy (non-hydrogen) atoms. The molecule has 0 atom stereocenters. The second-order valence-corrected chi connectivity index (χ2v) is 5.39. The lowest BCUT2D eigenvalue weighted by Gasteiger charge is -2.12. The number of benzene rings is 2. The molecule has 0 fully saturated rings. The summed E-state index contributed by atoms with van der Waals surface area (Å²) in [4.78, 5) is 34.7. The second kappa shape index (κ2) is 7.59. The largest absolute Gasteiger partial charge is 0.478 e. The van der Waals surface area contributed by atoms with Crippen LogP contribution in [0.15, 0.2) is 36.4 Å². The van der Waals surface area contributed by atoms with Crippen molar-refractivity contribution >= 4 is 17.8 Å². The molecule has 1 amide bonds. The van der Waals surface area contributed by atoms with Gasteiger partial charge in [0.1, 0.15) is 0 Å². The lowest BCUT2D eigenvalue weighted by Crippen LogP contribution is -2.28. The summed E-state index contributed by atoms with van der Waals surface area (Å²) in [6, 6.07) is 9.24. The number of aromatic carboxylic acids is 2. The van der Waals surface area contributed by atoms with Crippen LogP contribution >= 0.6 is 0 Å². The predicted molar refractivity (Wildman–Crippen MR) is 91.9 cm³/mol. The Kier molecular flexibility index (Phi) is 5.51. The summed E-state index contributed by atoms with van der Waals surface area (Å²) in [5.41, 5.74) is 6.79. The number of hydrogen-bond acceptors (Lipinski definition) is 4. The van der Waals surface area contributed by atoms with Crippen molar-refractivity contribution in [1.29, 1.82) is 0 Å². The summed E-state index contributed by atoms with van der Waals surface area (Å²) in [7, 11) is 0. The van der Waals surface area contributed by atoms with E-state index in [9.17, 15) is 19.5 Å². The normalized spacial score (nSPS) is 10.3. The van der Waals surface area contributed by atoms with E-state index in [0.717, 1.165) is 0 Å². The molecule has 0 radical (unpaired) electrons. The number of amides is 1. The molecule has 7 heteroatoms. The minimum atomic E-state index is -1.21. The fraction of sp³-hybridized carbons (Fsp3) is 0.167. The zero-order chi connectivity index (χ0) is 18.6. The Morgan fingerprint density at radius 1 is 1.00 bits per heavy atom. The lowest BCUT2D eigenvalue weighted by molar-refractivity contribution is 0.0695. The van der Waals surface area contributed by atoms with Crippen molar-refractivity contribution in [3.63, 3.8) is 0 Å². The Labute approximate surface area is 144 Å². The number of hydrogen-bond donors (Lipinski definition) is 4. The second-order valence-electron chi connectivity index (χ2n) is 5.39. The summed E-state index contributed by atoms with van der Waals surface area (Å²) in [5.74, 6) is -2.66. The Hall–Kier alpha value is -3.19. The first-order chi connectivity index (χ1) is 11.9. The van der Waals surface area contributed by atoms with Crippen molar-refractivity contribution in [2.24, 2.45) is 5.73 Å². The SMILES string of the molecule is Cc1c(C(=O)O)ccc(-c2ccc(C(=O)NCCN)cc2)c1C(=O)O. The van der Waals surface area contributed by atoms with Gasteiger partial charge in [-0.05, 0) is 41.8 Å². The molecule has 0 bridgehead atoms. The van der Waals surface area contributed by atoms with Crippen molar-refractivity contribution in [2.45, 2.75) is 6.92 Å². The van der Waals surface area contributed by atoms with E-state index < -0.39 is 11.9 Å². The summed E-state index contributed by atoms with van der Waals surface area (Å²) < 4.78 is 0. The van der Waals surface area contributed by atoms with Crippen LogP contribution in [-0.4, -0.2) is 41.1 Å². The molecule has 2 rings (SSSR count). The highest BCUT2D eigenvalue weighted by Gasteiger charge is 2.20. The molecule has 0 saturated heterocycles. The van der Waals surface area contributed by atoms with Crippen LogP contribution in [0.25, 0.3) is 11.1 Å². The molecule has 0 saturated carbocycles. The van der Waals surface area contributed by atoms with Gasteiger partial charge in [-0.2, -0.15) is 0 Å². The van der Waals surface area contributed by atoms with Gasteiger partial charge in [-0.1, -0.05) is 18.2 Å². The van der Waals surface area contributed by atoms with Crippen LogP contribution in [0, 0.1) is 6.92 Å². The molecule has 0 unspecified atom stereocenters. The molecule has 0 aliphatic heterocycles. The van der Waals surface area contributed by atoms with Gasteiger partial charge in [0, 0.05) is 18.7 Å². The maximum atomic E-state index is 11.9. The fourth-order valence-electron chi connectivity index (χ4n) is 2.55. The average molecular weight is 342 g/mol. The minimum Gasteiger partial charge on any atom is -0.478 e. The molecular weight excluding hydrogens is 324 g/mol. The van der Waals surface area contributed by atoms with Gasteiger partial charge in [-0.15, -0.1) is 0 Å². The number of carboxylic acids is 2. The average Bonchev–Trinajstić information content (AvgIpc) is 2.58. The third kappa shape index (κ3) is 3.84. The van der Waals surface area contributed by atoms with Gasteiger partial charge in [-0.25, -0.2) is 9.59 Å². The molecule has 2 aromatic carbocycles. The van der Waals surface area contributed by atoms with Gasteiger partial charge >= 0.3 is 11.9 Å². The van der Waals surface area contributed by atoms with Crippen LogP contribution in [0.5, 0.6) is 0 Å². The van der Waals surface area contributed by atoms with Crippen molar-refractivity contribution in [3.05, 3.63) is 58.7 Å².